The fourth-order valence-electron chi connectivity index (χ4n) is 4.43. The molecule has 0 saturated heterocycles. The summed E-state index contributed by atoms with van der Waals surface area (Å²) in [4.78, 5) is 5.03. The average Bonchev–Trinajstić information content (AvgIpc) is 3.53. The number of nitrogens with zero attached hydrogens (tertiary/aromatic N) is 4. The molecular formula is C30H23FN4O. The van der Waals surface area contributed by atoms with E-state index in [-0.39, 0.29) is 5.82 Å². The molecule has 0 amide bonds. The highest BCUT2D eigenvalue weighted by Gasteiger charge is 2.21. The zero-order valence-electron chi connectivity index (χ0n) is 19.7. The minimum absolute atomic E-state index is 0.250. The Morgan fingerprint density at radius 2 is 1.53 bits per heavy atom. The largest absolute Gasteiger partial charge is 0.497 e. The van der Waals surface area contributed by atoms with Crippen LogP contribution in [0.25, 0.3) is 39.4 Å². The van der Waals surface area contributed by atoms with Gasteiger partial charge in [0.05, 0.1) is 29.4 Å². The number of hydrogen-bond donors (Lipinski definition) is 0. The Morgan fingerprint density at radius 1 is 0.806 bits per heavy atom. The monoisotopic (exact) mass is 474 g/mol. The summed E-state index contributed by atoms with van der Waals surface area (Å²) in [6, 6.07) is 32.6. The molecule has 0 unspecified atom stereocenters. The Kier molecular flexibility index (Phi) is 5.54. The number of aromatic nitrogens is 4. The van der Waals surface area contributed by atoms with E-state index < -0.39 is 0 Å². The molecule has 0 N–H and O–H groups in total. The highest BCUT2D eigenvalue weighted by Crippen LogP contribution is 2.35. The molecule has 0 aliphatic carbocycles. The van der Waals surface area contributed by atoms with Gasteiger partial charge in [0.15, 0.2) is 0 Å². The SMILES string of the molecule is COc1ccc(-c2nn(-c3ccccc3)cc2-c2nc3ccccc3n2Cc2ccc(F)cc2)cc1. The van der Waals surface area contributed by atoms with Crippen LogP contribution in [-0.2, 0) is 6.54 Å². The first-order valence-corrected chi connectivity index (χ1v) is 11.7. The predicted octanol–water partition coefficient (Wildman–Crippen LogP) is 6.75. The normalized spacial score (nSPS) is 11.2. The first-order chi connectivity index (χ1) is 17.7. The van der Waals surface area contributed by atoms with Gasteiger partial charge in [-0.25, -0.2) is 14.1 Å². The third-order valence-electron chi connectivity index (χ3n) is 6.25. The maximum absolute atomic E-state index is 13.6. The molecule has 4 aromatic carbocycles. The molecule has 0 saturated carbocycles. The molecule has 0 fully saturated rings. The summed E-state index contributed by atoms with van der Waals surface area (Å²) in [5.41, 5.74) is 6.52. The van der Waals surface area contributed by atoms with E-state index in [1.165, 1.54) is 12.1 Å². The predicted molar refractivity (Wildman–Crippen MR) is 140 cm³/mol. The van der Waals surface area contributed by atoms with Crippen LogP contribution in [0.3, 0.4) is 0 Å². The number of halogens is 1. The van der Waals surface area contributed by atoms with E-state index in [2.05, 4.69) is 10.6 Å². The number of hydrogen-bond acceptors (Lipinski definition) is 3. The van der Waals surface area contributed by atoms with Crippen molar-refractivity contribution in [3.8, 4) is 34.1 Å². The molecule has 36 heavy (non-hydrogen) atoms. The lowest BCUT2D eigenvalue weighted by Crippen LogP contribution is -2.02. The molecule has 0 bridgehead atoms. The van der Waals surface area contributed by atoms with Crippen LogP contribution in [0.5, 0.6) is 5.75 Å². The summed E-state index contributed by atoms with van der Waals surface area (Å²) < 4.78 is 23.0. The number of methoxy groups -OCH3 is 1. The molecule has 0 spiro atoms. The summed E-state index contributed by atoms with van der Waals surface area (Å²) >= 11 is 0. The second-order valence-electron chi connectivity index (χ2n) is 8.54. The molecule has 0 aliphatic rings. The van der Waals surface area contributed by atoms with Gasteiger partial charge in [-0.2, -0.15) is 5.10 Å². The smallest absolute Gasteiger partial charge is 0.145 e. The Hall–Kier alpha value is -4.71. The third-order valence-corrected chi connectivity index (χ3v) is 6.25. The Bertz CT molecular complexity index is 1640. The number of ether oxygens (including phenoxy) is 1. The number of fused-ring (bicyclic) bond motifs is 1. The zero-order valence-corrected chi connectivity index (χ0v) is 19.7. The van der Waals surface area contributed by atoms with Crippen molar-refractivity contribution in [1.82, 2.24) is 19.3 Å². The first-order valence-electron chi connectivity index (χ1n) is 11.7. The Labute approximate surface area is 208 Å². The van der Waals surface area contributed by atoms with E-state index in [0.29, 0.717) is 6.54 Å². The van der Waals surface area contributed by atoms with E-state index in [1.807, 2.05) is 95.8 Å². The average molecular weight is 475 g/mol. The van der Waals surface area contributed by atoms with Crippen LogP contribution < -0.4 is 4.74 Å². The van der Waals surface area contributed by atoms with Crippen LogP contribution in [-0.4, -0.2) is 26.4 Å². The molecule has 0 atom stereocenters. The van der Waals surface area contributed by atoms with Crippen molar-refractivity contribution >= 4 is 11.0 Å². The van der Waals surface area contributed by atoms with Crippen molar-refractivity contribution in [3.63, 3.8) is 0 Å². The quantitative estimate of drug-likeness (QED) is 0.268. The number of rotatable bonds is 6. The first kappa shape index (κ1) is 21.8. The summed E-state index contributed by atoms with van der Waals surface area (Å²) in [7, 11) is 1.66. The lowest BCUT2D eigenvalue weighted by Gasteiger charge is -2.10. The van der Waals surface area contributed by atoms with Crippen LogP contribution >= 0.6 is 0 Å². The Balaban J connectivity index is 1.56. The Morgan fingerprint density at radius 3 is 2.28 bits per heavy atom. The molecule has 0 aliphatic heterocycles. The molecule has 6 heteroatoms. The fourth-order valence-corrected chi connectivity index (χ4v) is 4.43. The molecule has 6 rings (SSSR count). The summed E-state index contributed by atoms with van der Waals surface area (Å²) in [5.74, 6) is 1.33. The van der Waals surface area contributed by atoms with Gasteiger partial charge in [-0.3, -0.25) is 0 Å². The number of para-hydroxylation sites is 3. The van der Waals surface area contributed by atoms with Crippen molar-refractivity contribution in [3.05, 3.63) is 121 Å². The maximum atomic E-state index is 13.6. The van der Waals surface area contributed by atoms with Gasteiger partial charge in [-0.1, -0.05) is 42.5 Å². The van der Waals surface area contributed by atoms with Crippen molar-refractivity contribution in [2.45, 2.75) is 6.54 Å². The highest BCUT2D eigenvalue weighted by molar-refractivity contribution is 5.85. The van der Waals surface area contributed by atoms with Crippen molar-refractivity contribution in [2.75, 3.05) is 7.11 Å². The highest BCUT2D eigenvalue weighted by atomic mass is 19.1. The van der Waals surface area contributed by atoms with Gasteiger partial charge >= 0.3 is 0 Å². The second kappa shape index (κ2) is 9.15. The van der Waals surface area contributed by atoms with E-state index in [1.54, 1.807) is 7.11 Å². The molecule has 0 radical (unpaired) electrons. The van der Waals surface area contributed by atoms with Crippen molar-refractivity contribution < 1.29 is 9.13 Å². The summed E-state index contributed by atoms with van der Waals surface area (Å²) in [6.07, 6.45) is 2.03. The molecular weight excluding hydrogens is 451 g/mol. The summed E-state index contributed by atoms with van der Waals surface area (Å²) in [5, 5.41) is 4.99. The second-order valence-corrected chi connectivity index (χ2v) is 8.54. The van der Waals surface area contributed by atoms with Gasteiger partial charge < -0.3 is 9.30 Å². The third kappa shape index (κ3) is 4.03. The molecule has 2 heterocycles. The lowest BCUT2D eigenvalue weighted by molar-refractivity contribution is 0.415. The molecule has 6 aromatic rings. The van der Waals surface area contributed by atoms with Crippen LogP contribution in [0.1, 0.15) is 5.56 Å². The summed E-state index contributed by atoms with van der Waals surface area (Å²) in [6.45, 7) is 0.550. The van der Waals surface area contributed by atoms with E-state index >= 15 is 0 Å². The van der Waals surface area contributed by atoms with E-state index in [0.717, 1.165) is 50.7 Å². The van der Waals surface area contributed by atoms with Gasteiger partial charge in [0.1, 0.15) is 23.1 Å². The van der Waals surface area contributed by atoms with Gasteiger partial charge in [0.25, 0.3) is 0 Å². The fraction of sp³-hybridized carbons (Fsp3) is 0.0667. The van der Waals surface area contributed by atoms with Gasteiger partial charge in [-0.15, -0.1) is 0 Å². The minimum Gasteiger partial charge on any atom is -0.497 e. The number of imidazole rings is 1. The van der Waals surface area contributed by atoms with Crippen molar-refractivity contribution in [1.29, 1.82) is 0 Å². The number of benzene rings is 4. The van der Waals surface area contributed by atoms with Gasteiger partial charge in [0.2, 0.25) is 0 Å². The van der Waals surface area contributed by atoms with Crippen LogP contribution in [0.2, 0.25) is 0 Å². The van der Waals surface area contributed by atoms with E-state index in [4.69, 9.17) is 14.8 Å². The topological polar surface area (TPSA) is 44.9 Å². The van der Waals surface area contributed by atoms with E-state index in [9.17, 15) is 4.39 Å². The maximum Gasteiger partial charge on any atom is 0.145 e. The van der Waals surface area contributed by atoms with Crippen LogP contribution in [0.15, 0.2) is 109 Å². The minimum atomic E-state index is -0.250. The van der Waals surface area contributed by atoms with Crippen LogP contribution in [0, 0.1) is 5.82 Å². The zero-order chi connectivity index (χ0) is 24.5. The lowest BCUT2D eigenvalue weighted by atomic mass is 10.1. The molecule has 2 aromatic heterocycles. The molecule has 176 valence electrons. The standard InChI is InChI=1S/C30H23FN4O/c1-36-25-17-13-22(14-18-25)29-26(20-35(33-29)24-7-3-2-4-8-24)30-32-27-9-5-6-10-28(27)34(30)19-21-11-15-23(31)16-12-21/h2-18,20H,19H2,1H3. The van der Waals surface area contributed by atoms with Crippen molar-refractivity contribution in [2.24, 2.45) is 0 Å². The van der Waals surface area contributed by atoms with Gasteiger partial charge in [0, 0.05) is 18.3 Å². The van der Waals surface area contributed by atoms with Gasteiger partial charge in [-0.05, 0) is 66.2 Å². The van der Waals surface area contributed by atoms with Crippen LogP contribution in [0.4, 0.5) is 4.39 Å². The molecule has 5 nitrogen and oxygen atoms in total.